The number of nitrogen functional groups attached to an aromatic ring is 1. The number of pyridine rings is 1. The van der Waals surface area contributed by atoms with Gasteiger partial charge >= 0.3 is 0 Å². The lowest BCUT2D eigenvalue weighted by Gasteiger charge is -2.23. The fourth-order valence-corrected chi connectivity index (χ4v) is 3.48. The number of nitriles is 1. The highest BCUT2D eigenvalue weighted by Crippen LogP contribution is 2.36. The summed E-state index contributed by atoms with van der Waals surface area (Å²) in [6.45, 7) is 1.86. The molecular formula is C16H16Cl2N4+2. The lowest BCUT2D eigenvalue weighted by molar-refractivity contribution is -0.896. The first-order chi connectivity index (χ1) is 10.5. The lowest BCUT2D eigenvalue weighted by atomic mass is 9.91. The zero-order valence-electron chi connectivity index (χ0n) is 12.1. The Labute approximate surface area is 139 Å². The SMILES string of the molecule is C[NH+]1CCc2[nH+]c(N)c(C#N)c(-c3ccc(Cl)cc3Cl)c2C1. The Morgan fingerprint density at radius 3 is 2.82 bits per heavy atom. The molecule has 2 aromatic rings. The molecule has 0 fully saturated rings. The van der Waals surface area contributed by atoms with Gasteiger partial charge < -0.3 is 4.90 Å². The number of anilines is 1. The van der Waals surface area contributed by atoms with Crippen LogP contribution in [0.15, 0.2) is 18.2 Å². The van der Waals surface area contributed by atoms with Gasteiger partial charge in [-0.1, -0.05) is 29.3 Å². The number of hydrogen-bond donors (Lipinski definition) is 2. The van der Waals surface area contributed by atoms with Crippen molar-refractivity contribution in [2.45, 2.75) is 13.0 Å². The minimum absolute atomic E-state index is 0.391. The van der Waals surface area contributed by atoms with Crippen LogP contribution < -0.4 is 15.6 Å². The Morgan fingerprint density at radius 1 is 1.36 bits per heavy atom. The number of H-pyrrole nitrogens is 1. The van der Waals surface area contributed by atoms with E-state index >= 15 is 0 Å². The smallest absolute Gasteiger partial charge is 0.289 e. The summed E-state index contributed by atoms with van der Waals surface area (Å²) in [6, 6.07) is 7.54. The third-order valence-electron chi connectivity index (χ3n) is 4.06. The molecule has 0 aliphatic carbocycles. The number of nitrogens with two attached hydrogens (primary N) is 1. The van der Waals surface area contributed by atoms with Gasteiger partial charge in [0.25, 0.3) is 5.82 Å². The summed E-state index contributed by atoms with van der Waals surface area (Å²) >= 11 is 12.4. The highest BCUT2D eigenvalue weighted by molar-refractivity contribution is 6.36. The van der Waals surface area contributed by atoms with E-state index in [1.54, 1.807) is 12.1 Å². The average molecular weight is 335 g/mol. The van der Waals surface area contributed by atoms with Gasteiger partial charge in [-0.2, -0.15) is 5.26 Å². The third kappa shape index (κ3) is 2.52. The van der Waals surface area contributed by atoms with Crippen LogP contribution in [-0.4, -0.2) is 13.6 Å². The lowest BCUT2D eigenvalue weighted by Crippen LogP contribution is -3.08. The molecular weight excluding hydrogens is 319 g/mol. The van der Waals surface area contributed by atoms with Crippen molar-refractivity contribution in [3.05, 3.63) is 45.1 Å². The van der Waals surface area contributed by atoms with Gasteiger partial charge in [-0.3, -0.25) is 5.73 Å². The molecule has 112 valence electrons. The molecule has 4 N–H and O–H groups in total. The Morgan fingerprint density at radius 2 is 2.14 bits per heavy atom. The molecule has 2 heterocycles. The van der Waals surface area contributed by atoms with E-state index < -0.39 is 0 Å². The minimum atomic E-state index is 0.391. The number of nitrogens with one attached hydrogen (secondary N) is 2. The largest absolute Gasteiger partial charge is 0.333 e. The molecule has 0 spiro atoms. The topological polar surface area (TPSA) is 68.4 Å². The molecule has 22 heavy (non-hydrogen) atoms. The van der Waals surface area contributed by atoms with E-state index in [1.165, 1.54) is 4.90 Å². The molecule has 4 nitrogen and oxygen atoms in total. The van der Waals surface area contributed by atoms with E-state index in [2.05, 4.69) is 18.1 Å². The number of fused-ring (bicyclic) bond motifs is 1. The van der Waals surface area contributed by atoms with Crippen LogP contribution in [-0.2, 0) is 13.0 Å². The Hall–Kier alpha value is -1.80. The van der Waals surface area contributed by atoms with Crippen molar-refractivity contribution >= 4 is 29.0 Å². The molecule has 0 bridgehead atoms. The van der Waals surface area contributed by atoms with Crippen LogP contribution in [0.2, 0.25) is 10.0 Å². The first kappa shape index (κ1) is 15.1. The second-order valence-corrected chi connectivity index (χ2v) is 6.46. The van der Waals surface area contributed by atoms with Crippen molar-refractivity contribution < 1.29 is 9.88 Å². The van der Waals surface area contributed by atoms with Gasteiger partial charge in [0, 0.05) is 21.2 Å². The standard InChI is InChI=1S/C16H14Cl2N4/c1-22-5-4-14-12(8-22)15(11(7-19)16(20)21-14)10-3-2-9(17)6-13(10)18/h2-3,6H,4-5,8H2,1H3,(H2,20,21)/p+2. The molecule has 0 amide bonds. The van der Waals surface area contributed by atoms with E-state index in [1.807, 2.05) is 6.07 Å². The van der Waals surface area contributed by atoms with Crippen LogP contribution in [0, 0.1) is 11.3 Å². The molecule has 1 aliphatic rings. The second-order valence-electron chi connectivity index (χ2n) is 5.62. The van der Waals surface area contributed by atoms with Crippen LogP contribution >= 0.6 is 23.2 Å². The first-order valence-corrected chi connectivity index (χ1v) is 7.80. The van der Waals surface area contributed by atoms with E-state index in [0.29, 0.717) is 21.4 Å². The number of aromatic amines is 1. The summed E-state index contributed by atoms with van der Waals surface area (Å²) in [5, 5.41) is 10.6. The molecule has 1 atom stereocenters. The normalized spacial score (nSPS) is 16.9. The monoisotopic (exact) mass is 334 g/mol. The summed E-state index contributed by atoms with van der Waals surface area (Å²) < 4.78 is 0. The van der Waals surface area contributed by atoms with Crippen molar-refractivity contribution in [1.82, 2.24) is 0 Å². The predicted octanol–water partition coefficient (Wildman–Crippen LogP) is 1.50. The van der Waals surface area contributed by atoms with Gasteiger partial charge in [-0.15, -0.1) is 0 Å². The summed E-state index contributed by atoms with van der Waals surface area (Å²) in [6.07, 6.45) is 0.898. The first-order valence-electron chi connectivity index (χ1n) is 7.04. The van der Waals surface area contributed by atoms with E-state index in [9.17, 15) is 5.26 Å². The maximum absolute atomic E-state index is 9.55. The number of halogens is 2. The average Bonchev–Trinajstić information content (AvgIpc) is 2.47. The maximum atomic E-state index is 9.55. The van der Waals surface area contributed by atoms with Crippen LogP contribution in [0.3, 0.4) is 0 Å². The highest BCUT2D eigenvalue weighted by atomic mass is 35.5. The van der Waals surface area contributed by atoms with Gasteiger partial charge in [0.2, 0.25) is 0 Å². The maximum Gasteiger partial charge on any atom is 0.289 e. The van der Waals surface area contributed by atoms with Crippen LogP contribution in [0.5, 0.6) is 0 Å². The Kier molecular flexibility index (Phi) is 3.96. The molecule has 6 heteroatoms. The molecule has 1 aromatic carbocycles. The number of aromatic nitrogens is 1. The zero-order valence-corrected chi connectivity index (χ0v) is 13.6. The number of rotatable bonds is 1. The van der Waals surface area contributed by atoms with Crippen LogP contribution in [0.4, 0.5) is 5.82 Å². The number of quaternary nitrogens is 1. The number of likely N-dealkylation sites (N-methyl/N-ethyl adjacent to an activating group) is 1. The van der Waals surface area contributed by atoms with Crippen molar-refractivity contribution in [2.75, 3.05) is 19.3 Å². The molecule has 0 saturated carbocycles. The van der Waals surface area contributed by atoms with Crippen LogP contribution in [0.1, 0.15) is 16.8 Å². The minimum Gasteiger partial charge on any atom is -0.333 e. The Balaban J connectivity index is 2.33. The summed E-state index contributed by atoms with van der Waals surface area (Å²) in [5.74, 6) is 0.391. The van der Waals surface area contributed by atoms with Gasteiger partial charge in [0.05, 0.1) is 25.6 Å². The van der Waals surface area contributed by atoms with Gasteiger partial charge in [0.1, 0.15) is 23.9 Å². The highest BCUT2D eigenvalue weighted by Gasteiger charge is 2.29. The van der Waals surface area contributed by atoms with Gasteiger partial charge in [-0.05, 0) is 12.1 Å². The molecule has 1 unspecified atom stereocenters. The number of benzene rings is 1. The predicted molar refractivity (Wildman–Crippen MR) is 86.7 cm³/mol. The van der Waals surface area contributed by atoms with Gasteiger partial charge in [-0.25, -0.2) is 4.98 Å². The molecule has 1 aliphatic heterocycles. The molecule has 0 saturated heterocycles. The van der Waals surface area contributed by atoms with Gasteiger partial charge in [0.15, 0.2) is 0 Å². The van der Waals surface area contributed by atoms with Crippen LogP contribution in [0.25, 0.3) is 11.1 Å². The van der Waals surface area contributed by atoms with E-state index in [-0.39, 0.29) is 0 Å². The fraction of sp³-hybridized carbons (Fsp3) is 0.250. The second kappa shape index (κ2) is 5.77. The quantitative estimate of drug-likeness (QED) is 0.829. The van der Waals surface area contributed by atoms with Crippen molar-refractivity contribution in [3.63, 3.8) is 0 Å². The van der Waals surface area contributed by atoms with E-state index in [4.69, 9.17) is 28.9 Å². The zero-order chi connectivity index (χ0) is 15.9. The molecule has 3 rings (SSSR count). The summed E-state index contributed by atoms with van der Waals surface area (Å²) in [7, 11) is 2.14. The summed E-state index contributed by atoms with van der Waals surface area (Å²) in [4.78, 5) is 4.57. The fourth-order valence-electron chi connectivity index (χ4n) is 2.98. The van der Waals surface area contributed by atoms with E-state index in [0.717, 1.165) is 41.9 Å². The van der Waals surface area contributed by atoms with Crippen molar-refractivity contribution in [3.8, 4) is 17.2 Å². The number of nitrogens with zero attached hydrogens (tertiary/aromatic N) is 1. The third-order valence-corrected chi connectivity index (χ3v) is 4.61. The molecule has 1 aromatic heterocycles. The van der Waals surface area contributed by atoms with Crippen molar-refractivity contribution in [2.24, 2.45) is 0 Å². The summed E-state index contributed by atoms with van der Waals surface area (Å²) in [5.41, 5.74) is 10.3. The van der Waals surface area contributed by atoms with Crippen molar-refractivity contribution in [1.29, 1.82) is 5.26 Å². The molecule has 0 radical (unpaired) electrons. The number of hydrogen-bond acceptors (Lipinski definition) is 2. The Bertz CT molecular complexity index is 796.